The number of hydrogen-bond donors (Lipinski definition) is 1. The average Bonchev–Trinajstić information content (AvgIpc) is 2.68. The van der Waals surface area contributed by atoms with Crippen LogP contribution in [0.15, 0.2) is 48.5 Å². The quantitative estimate of drug-likeness (QED) is 0.722. The molecule has 1 atom stereocenters. The number of methoxy groups -OCH3 is 1. The van der Waals surface area contributed by atoms with Crippen LogP contribution in [0.25, 0.3) is 0 Å². The van der Waals surface area contributed by atoms with Crippen molar-refractivity contribution in [2.75, 3.05) is 13.7 Å². The molecule has 0 unspecified atom stereocenters. The summed E-state index contributed by atoms with van der Waals surface area (Å²) in [7, 11) is 1.61. The van der Waals surface area contributed by atoms with Crippen LogP contribution in [0.3, 0.4) is 0 Å². The van der Waals surface area contributed by atoms with Crippen LogP contribution in [0.1, 0.15) is 37.0 Å². The average molecular weight is 383 g/mol. The number of carbonyl (C=O) groups is 2. The van der Waals surface area contributed by atoms with Crippen molar-refractivity contribution >= 4 is 11.8 Å². The van der Waals surface area contributed by atoms with E-state index in [1.807, 2.05) is 63.2 Å². The fourth-order valence-corrected chi connectivity index (χ4v) is 3.24. The Morgan fingerprint density at radius 2 is 1.79 bits per heavy atom. The van der Waals surface area contributed by atoms with Crippen LogP contribution in [0.5, 0.6) is 5.75 Å². The summed E-state index contributed by atoms with van der Waals surface area (Å²) in [5.41, 5.74) is 3.04. The third-order valence-electron chi connectivity index (χ3n) is 4.69. The van der Waals surface area contributed by atoms with Crippen molar-refractivity contribution < 1.29 is 14.3 Å². The molecule has 0 fully saturated rings. The van der Waals surface area contributed by atoms with E-state index in [9.17, 15) is 9.59 Å². The number of carbonyl (C=O) groups excluding carboxylic acids is 2. The van der Waals surface area contributed by atoms with E-state index in [1.54, 1.807) is 12.0 Å². The molecule has 0 heterocycles. The first kappa shape index (κ1) is 21.5. The van der Waals surface area contributed by atoms with Gasteiger partial charge < -0.3 is 15.0 Å². The van der Waals surface area contributed by atoms with Gasteiger partial charge in [-0.2, -0.15) is 0 Å². The standard InChI is InChI=1S/C23H30N2O3/c1-5-21(23(27)24-6-2)25(16-19-9-7-8-17(3)14-19)22(26)15-18-10-12-20(28-4)13-11-18/h7-14,21H,5-6,15-16H2,1-4H3,(H,24,27)/t21-/m1/s1. The highest BCUT2D eigenvalue weighted by molar-refractivity contribution is 5.88. The third-order valence-corrected chi connectivity index (χ3v) is 4.69. The number of rotatable bonds is 9. The lowest BCUT2D eigenvalue weighted by atomic mass is 10.1. The van der Waals surface area contributed by atoms with Gasteiger partial charge in [-0.3, -0.25) is 9.59 Å². The summed E-state index contributed by atoms with van der Waals surface area (Å²) in [6.45, 7) is 6.79. The van der Waals surface area contributed by atoms with E-state index >= 15 is 0 Å². The van der Waals surface area contributed by atoms with Gasteiger partial charge in [0.2, 0.25) is 11.8 Å². The minimum absolute atomic E-state index is 0.0650. The van der Waals surface area contributed by atoms with Gasteiger partial charge in [0.05, 0.1) is 13.5 Å². The minimum Gasteiger partial charge on any atom is -0.497 e. The summed E-state index contributed by atoms with van der Waals surface area (Å²) >= 11 is 0. The second-order valence-corrected chi connectivity index (χ2v) is 6.85. The summed E-state index contributed by atoms with van der Waals surface area (Å²) in [4.78, 5) is 27.5. The van der Waals surface area contributed by atoms with Crippen molar-refractivity contribution in [3.8, 4) is 5.75 Å². The molecule has 2 amide bonds. The van der Waals surface area contributed by atoms with Crippen molar-refractivity contribution in [1.29, 1.82) is 0 Å². The monoisotopic (exact) mass is 382 g/mol. The molecule has 0 aliphatic heterocycles. The fourth-order valence-electron chi connectivity index (χ4n) is 3.24. The summed E-state index contributed by atoms with van der Waals surface area (Å²) in [5, 5.41) is 2.86. The van der Waals surface area contributed by atoms with Crippen LogP contribution >= 0.6 is 0 Å². The summed E-state index contributed by atoms with van der Waals surface area (Å²) in [5.74, 6) is 0.576. The molecular weight excluding hydrogens is 352 g/mol. The lowest BCUT2D eigenvalue weighted by molar-refractivity contribution is -0.140. The molecule has 2 aromatic rings. The van der Waals surface area contributed by atoms with E-state index in [0.29, 0.717) is 19.5 Å². The molecule has 28 heavy (non-hydrogen) atoms. The van der Waals surface area contributed by atoms with Gasteiger partial charge in [0.1, 0.15) is 11.8 Å². The molecule has 2 aromatic carbocycles. The Morgan fingerprint density at radius 1 is 1.07 bits per heavy atom. The van der Waals surface area contributed by atoms with E-state index in [2.05, 4.69) is 11.4 Å². The van der Waals surface area contributed by atoms with Gasteiger partial charge in [0.25, 0.3) is 0 Å². The molecular formula is C23H30N2O3. The highest BCUT2D eigenvalue weighted by Crippen LogP contribution is 2.17. The van der Waals surface area contributed by atoms with Crippen LogP contribution < -0.4 is 10.1 Å². The van der Waals surface area contributed by atoms with Gasteiger partial charge in [-0.15, -0.1) is 0 Å². The Hall–Kier alpha value is -2.82. The maximum Gasteiger partial charge on any atom is 0.242 e. The molecule has 5 nitrogen and oxygen atoms in total. The molecule has 0 saturated carbocycles. The van der Waals surface area contributed by atoms with Crippen LogP contribution in [0.2, 0.25) is 0 Å². The van der Waals surface area contributed by atoms with Gasteiger partial charge in [-0.1, -0.05) is 48.9 Å². The van der Waals surface area contributed by atoms with Crippen LogP contribution in [-0.2, 0) is 22.6 Å². The first-order valence-corrected chi connectivity index (χ1v) is 9.74. The van der Waals surface area contributed by atoms with Gasteiger partial charge in [-0.25, -0.2) is 0 Å². The Labute approximate surface area is 167 Å². The second kappa shape index (κ2) is 10.5. The lowest BCUT2D eigenvalue weighted by Gasteiger charge is -2.30. The zero-order valence-electron chi connectivity index (χ0n) is 17.2. The number of nitrogens with one attached hydrogen (secondary N) is 1. The van der Waals surface area contributed by atoms with E-state index < -0.39 is 6.04 Å². The van der Waals surface area contributed by atoms with E-state index in [-0.39, 0.29) is 18.2 Å². The third kappa shape index (κ3) is 5.84. The summed E-state index contributed by atoms with van der Waals surface area (Å²) in [6.07, 6.45) is 0.803. The Bertz CT molecular complexity index is 787. The van der Waals surface area contributed by atoms with Gasteiger partial charge in [0.15, 0.2) is 0 Å². The summed E-state index contributed by atoms with van der Waals surface area (Å²) < 4.78 is 5.18. The number of amides is 2. The second-order valence-electron chi connectivity index (χ2n) is 6.85. The van der Waals surface area contributed by atoms with Crippen LogP contribution in [-0.4, -0.2) is 36.4 Å². The van der Waals surface area contributed by atoms with E-state index in [4.69, 9.17) is 4.74 Å². The molecule has 0 radical (unpaired) electrons. The Morgan fingerprint density at radius 3 is 2.36 bits per heavy atom. The highest BCUT2D eigenvalue weighted by Gasteiger charge is 2.28. The Balaban J connectivity index is 2.26. The predicted molar refractivity (Wildman–Crippen MR) is 111 cm³/mol. The highest BCUT2D eigenvalue weighted by atomic mass is 16.5. The normalized spacial score (nSPS) is 11.6. The fraction of sp³-hybridized carbons (Fsp3) is 0.391. The van der Waals surface area contributed by atoms with Crippen LogP contribution in [0, 0.1) is 6.92 Å². The maximum atomic E-state index is 13.2. The Kier molecular flexibility index (Phi) is 8.05. The topological polar surface area (TPSA) is 58.6 Å². The zero-order valence-corrected chi connectivity index (χ0v) is 17.2. The van der Waals surface area contributed by atoms with E-state index in [0.717, 1.165) is 22.4 Å². The molecule has 150 valence electrons. The summed E-state index contributed by atoms with van der Waals surface area (Å²) in [6, 6.07) is 15.0. The van der Waals surface area contributed by atoms with E-state index in [1.165, 1.54) is 0 Å². The smallest absolute Gasteiger partial charge is 0.242 e. The zero-order chi connectivity index (χ0) is 20.5. The number of benzene rings is 2. The number of likely N-dealkylation sites (N-methyl/N-ethyl adjacent to an activating group) is 1. The largest absolute Gasteiger partial charge is 0.497 e. The number of ether oxygens (including phenoxy) is 1. The first-order valence-electron chi connectivity index (χ1n) is 9.74. The molecule has 0 aliphatic rings. The van der Waals surface area contributed by atoms with Gasteiger partial charge in [-0.05, 0) is 43.5 Å². The minimum atomic E-state index is -0.494. The SMILES string of the molecule is CCNC(=O)[C@@H](CC)N(Cc1cccc(C)c1)C(=O)Cc1ccc(OC)cc1. The lowest BCUT2D eigenvalue weighted by Crippen LogP contribution is -2.49. The van der Waals surface area contributed by atoms with Crippen molar-refractivity contribution in [1.82, 2.24) is 10.2 Å². The van der Waals surface area contributed by atoms with Crippen molar-refractivity contribution in [2.45, 2.75) is 46.2 Å². The molecule has 0 saturated heterocycles. The van der Waals surface area contributed by atoms with Gasteiger partial charge in [0, 0.05) is 13.1 Å². The van der Waals surface area contributed by atoms with Crippen molar-refractivity contribution in [3.63, 3.8) is 0 Å². The van der Waals surface area contributed by atoms with Crippen LogP contribution in [0.4, 0.5) is 0 Å². The molecule has 5 heteroatoms. The van der Waals surface area contributed by atoms with Crippen molar-refractivity contribution in [2.24, 2.45) is 0 Å². The number of aryl methyl sites for hydroxylation is 1. The predicted octanol–water partition coefficient (Wildman–Crippen LogP) is 3.49. The molecule has 0 aliphatic carbocycles. The molecule has 0 aromatic heterocycles. The first-order chi connectivity index (χ1) is 13.5. The maximum absolute atomic E-state index is 13.2. The van der Waals surface area contributed by atoms with Gasteiger partial charge >= 0.3 is 0 Å². The molecule has 0 bridgehead atoms. The molecule has 2 rings (SSSR count). The van der Waals surface area contributed by atoms with Crippen molar-refractivity contribution in [3.05, 3.63) is 65.2 Å². The number of hydrogen-bond acceptors (Lipinski definition) is 3. The molecule has 1 N–H and O–H groups in total. The number of nitrogens with zero attached hydrogens (tertiary/aromatic N) is 1. The molecule has 0 spiro atoms.